The molecule has 0 bridgehead atoms. The van der Waals surface area contributed by atoms with Gasteiger partial charge in [0.2, 0.25) is 5.91 Å². The van der Waals surface area contributed by atoms with Gasteiger partial charge in [0.1, 0.15) is 11.0 Å². The number of aromatic nitrogens is 3. The molecule has 3 heterocycles. The number of nitrogens with zero attached hydrogens (tertiary/aromatic N) is 4. The van der Waals surface area contributed by atoms with Crippen molar-refractivity contribution in [3.8, 4) is 0 Å². The van der Waals surface area contributed by atoms with Crippen molar-refractivity contribution in [3.05, 3.63) is 23.5 Å². The number of amides is 1. The third-order valence-corrected chi connectivity index (χ3v) is 3.42. The molecule has 0 saturated carbocycles. The van der Waals surface area contributed by atoms with Gasteiger partial charge in [-0.25, -0.2) is 4.98 Å². The van der Waals surface area contributed by atoms with Crippen molar-refractivity contribution in [2.45, 2.75) is 19.4 Å². The van der Waals surface area contributed by atoms with Gasteiger partial charge >= 0.3 is 0 Å². The standard InChI is InChI=1S/C12H14ClN5O/c1-8(19)15-9-3-5-17(7-9)12-6-10(13)16-11-2-4-14-18(11)12/h2,4,6,9H,3,5,7H2,1H3,(H,15,19). The van der Waals surface area contributed by atoms with Crippen LogP contribution >= 0.6 is 11.6 Å². The Hall–Kier alpha value is -1.82. The lowest BCUT2D eigenvalue weighted by Gasteiger charge is -2.19. The first-order valence-electron chi connectivity index (χ1n) is 6.16. The fourth-order valence-corrected chi connectivity index (χ4v) is 2.65. The Balaban J connectivity index is 1.89. The number of hydrogen-bond donors (Lipinski definition) is 1. The van der Waals surface area contributed by atoms with Crippen LogP contribution in [0.25, 0.3) is 5.65 Å². The van der Waals surface area contributed by atoms with E-state index in [-0.39, 0.29) is 11.9 Å². The third-order valence-electron chi connectivity index (χ3n) is 3.23. The van der Waals surface area contributed by atoms with Crippen molar-refractivity contribution in [1.82, 2.24) is 19.9 Å². The minimum absolute atomic E-state index is 0.00356. The van der Waals surface area contributed by atoms with E-state index in [0.717, 1.165) is 31.0 Å². The maximum absolute atomic E-state index is 11.1. The van der Waals surface area contributed by atoms with Crippen LogP contribution in [0.3, 0.4) is 0 Å². The highest BCUT2D eigenvalue weighted by atomic mass is 35.5. The number of rotatable bonds is 2. The molecular formula is C12H14ClN5O. The second-order valence-electron chi connectivity index (χ2n) is 4.67. The number of nitrogens with one attached hydrogen (secondary N) is 1. The van der Waals surface area contributed by atoms with Crippen molar-refractivity contribution in [1.29, 1.82) is 0 Å². The topological polar surface area (TPSA) is 62.5 Å². The lowest BCUT2D eigenvalue weighted by Crippen LogP contribution is -2.35. The molecule has 3 rings (SSSR count). The molecule has 2 aromatic heterocycles. The summed E-state index contributed by atoms with van der Waals surface area (Å²) in [5, 5.41) is 7.65. The second kappa shape index (κ2) is 4.70. The largest absolute Gasteiger partial charge is 0.354 e. The Morgan fingerprint density at radius 2 is 2.42 bits per heavy atom. The molecule has 0 spiro atoms. The van der Waals surface area contributed by atoms with Crippen molar-refractivity contribution in [3.63, 3.8) is 0 Å². The van der Waals surface area contributed by atoms with Crippen molar-refractivity contribution < 1.29 is 4.79 Å². The molecule has 1 aliphatic rings. The molecule has 0 radical (unpaired) electrons. The molecule has 100 valence electrons. The number of halogens is 1. The number of carbonyl (C=O) groups excluding carboxylic acids is 1. The van der Waals surface area contributed by atoms with Crippen molar-refractivity contribution in [2.24, 2.45) is 0 Å². The number of anilines is 1. The van der Waals surface area contributed by atoms with Gasteiger partial charge in [0.05, 0.1) is 6.20 Å². The zero-order valence-electron chi connectivity index (χ0n) is 10.5. The molecule has 1 fully saturated rings. The molecule has 1 N–H and O–H groups in total. The molecule has 7 heteroatoms. The summed E-state index contributed by atoms with van der Waals surface area (Å²) in [5.74, 6) is 0.914. The van der Waals surface area contributed by atoms with E-state index < -0.39 is 0 Å². The van der Waals surface area contributed by atoms with Gasteiger partial charge in [0, 0.05) is 38.2 Å². The highest BCUT2D eigenvalue weighted by Crippen LogP contribution is 2.23. The summed E-state index contributed by atoms with van der Waals surface area (Å²) in [6.07, 6.45) is 2.62. The lowest BCUT2D eigenvalue weighted by molar-refractivity contribution is -0.119. The van der Waals surface area contributed by atoms with E-state index in [1.807, 2.05) is 6.07 Å². The van der Waals surface area contributed by atoms with Gasteiger partial charge in [-0.15, -0.1) is 0 Å². The van der Waals surface area contributed by atoms with Gasteiger partial charge in [0.15, 0.2) is 5.65 Å². The molecule has 19 heavy (non-hydrogen) atoms. The first-order chi connectivity index (χ1) is 9.13. The van der Waals surface area contributed by atoms with Gasteiger partial charge < -0.3 is 10.2 Å². The van der Waals surface area contributed by atoms with Crippen LogP contribution in [0.2, 0.25) is 5.15 Å². The maximum Gasteiger partial charge on any atom is 0.217 e. The average molecular weight is 280 g/mol. The highest BCUT2D eigenvalue weighted by Gasteiger charge is 2.25. The van der Waals surface area contributed by atoms with Crippen LogP contribution in [-0.4, -0.2) is 39.6 Å². The molecule has 0 aromatic carbocycles. The van der Waals surface area contributed by atoms with E-state index in [1.54, 1.807) is 16.8 Å². The normalized spacial score (nSPS) is 19.1. The first-order valence-corrected chi connectivity index (χ1v) is 6.53. The summed E-state index contributed by atoms with van der Waals surface area (Å²) in [6, 6.07) is 3.80. The highest BCUT2D eigenvalue weighted by molar-refractivity contribution is 6.29. The molecule has 0 aliphatic carbocycles. The Bertz CT molecular complexity index is 626. The molecule has 1 unspecified atom stereocenters. The lowest BCUT2D eigenvalue weighted by atomic mass is 10.3. The quantitative estimate of drug-likeness (QED) is 0.836. The Morgan fingerprint density at radius 1 is 1.58 bits per heavy atom. The van der Waals surface area contributed by atoms with Crippen LogP contribution < -0.4 is 10.2 Å². The molecule has 1 amide bonds. The number of fused-ring (bicyclic) bond motifs is 1. The third kappa shape index (κ3) is 2.35. The van der Waals surface area contributed by atoms with Crippen LogP contribution in [0.4, 0.5) is 5.82 Å². The van der Waals surface area contributed by atoms with Gasteiger partial charge in [-0.1, -0.05) is 11.6 Å². The van der Waals surface area contributed by atoms with E-state index in [1.165, 1.54) is 6.92 Å². The number of carbonyl (C=O) groups is 1. The maximum atomic E-state index is 11.1. The smallest absolute Gasteiger partial charge is 0.217 e. The van der Waals surface area contributed by atoms with Gasteiger partial charge in [-0.3, -0.25) is 4.79 Å². The van der Waals surface area contributed by atoms with Gasteiger partial charge in [0.25, 0.3) is 0 Å². The summed E-state index contributed by atoms with van der Waals surface area (Å²) in [7, 11) is 0. The van der Waals surface area contributed by atoms with E-state index in [0.29, 0.717) is 5.15 Å². The van der Waals surface area contributed by atoms with E-state index in [9.17, 15) is 4.79 Å². The van der Waals surface area contributed by atoms with Crippen LogP contribution in [0.15, 0.2) is 18.3 Å². The van der Waals surface area contributed by atoms with Gasteiger partial charge in [-0.05, 0) is 6.42 Å². The predicted molar refractivity (Wildman–Crippen MR) is 72.4 cm³/mol. The fraction of sp³-hybridized carbons (Fsp3) is 0.417. The van der Waals surface area contributed by atoms with Gasteiger partial charge in [-0.2, -0.15) is 9.61 Å². The summed E-state index contributed by atoms with van der Waals surface area (Å²) >= 11 is 6.03. The minimum Gasteiger partial charge on any atom is -0.354 e. The van der Waals surface area contributed by atoms with Crippen LogP contribution in [0.1, 0.15) is 13.3 Å². The monoisotopic (exact) mass is 279 g/mol. The van der Waals surface area contributed by atoms with Crippen LogP contribution in [-0.2, 0) is 4.79 Å². The second-order valence-corrected chi connectivity index (χ2v) is 5.06. The van der Waals surface area contributed by atoms with Crippen molar-refractivity contribution >= 4 is 29.0 Å². The van der Waals surface area contributed by atoms with Crippen molar-refractivity contribution in [2.75, 3.05) is 18.0 Å². The predicted octanol–water partition coefficient (Wildman–Crippen LogP) is 1.10. The molecule has 1 aliphatic heterocycles. The molecule has 1 atom stereocenters. The summed E-state index contributed by atoms with van der Waals surface area (Å²) in [6.45, 7) is 3.16. The van der Waals surface area contributed by atoms with E-state index in [2.05, 4.69) is 20.3 Å². The van der Waals surface area contributed by atoms with Crippen LogP contribution in [0, 0.1) is 0 Å². The Morgan fingerprint density at radius 3 is 3.21 bits per heavy atom. The SMILES string of the molecule is CC(=O)NC1CCN(c2cc(Cl)nc3ccnn23)C1. The molecule has 1 saturated heterocycles. The van der Waals surface area contributed by atoms with Crippen LogP contribution in [0.5, 0.6) is 0 Å². The average Bonchev–Trinajstić information content (AvgIpc) is 2.95. The first kappa shape index (κ1) is 12.2. The molecule has 6 nitrogen and oxygen atoms in total. The summed E-state index contributed by atoms with van der Waals surface area (Å²) in [5.41, 5.74) is 0.727. The summed E-state index contributed by atoms with van der Waals surface area (Å²) in [4.78, 5) is 17.5. The Labute approximate surface area is 115 Å². The van der Waals surface area contributed by atoms with E-state index >= 15 is 0 Å². The molecule has 2 aromatic rings. The van der Waals surface area contributed by atoms with E-state index in [4.69, 9.17) is 11.6 Å². The molecular weight excluding hydrogens is 266 g/mol. The zero-order chi connectivity index (χ0) is 13.4. The summed E-state index contributed by atoms with van der Waals surface area (Å²) < 4.78 is 1.77. The number of hydrogen-bond acceptors (Lipinski definition) is 4. The minimum atomic E-state index is 0.00356. The Kier molecular flexibility index (Phi) is 3.02. The fourth-order valence-electron chi connectivity index (χ4n) is 2.47. The zero-order valence-corrected chi connectivity index (χ0v) is 11.3.